The Balaban J connectivity index is 1.66. The van der Waals surface area contributed by atoms with Crippen LogP contribution in [-0.4, -0.2) is 55.9 Å². The smallest absolute Gasteiger partial charge is 0.309 e. The number of amides is 1. The number of likely N-dealkylation sites (tertiary alicyclic amines) is 1. The molecule has 150 valence electrons. The maximum Gasteiger partial charge on any atom is 0.309 e. The van der Waals surface area contributed by atoms with Crippen molar-refractivity contribution in [1.82, 2.24) is 4.90 Å². The third-order valence-corrected chi connectivity index (χ3v) is 5.77. The minimum absolute atomic E-state index is 0.0718. The fraction of sp³-hybridized carbons (Fsp3) is 0.450. The number of carbonyl (C=O) groups excluding carboxylic acids is 2. The van der Waals surface area contributed by atoms with Crippen LogP contribution >= 0.6 is 11.8 Å². The van der Waals surface area contributed by atoms with E-state index in [1.807, 2.05) is 19.1 Å². The number of esters is 1. The zero-order valence-electron chi connectivity index (χ0n) is 16.3. The lowest BCUT2D eigenvalue weighted by Gasteiger charge is -2.31. The molecule has 0 spiro atoms. The Bertz CT molecular complexity index is 813. The molecule has 1 aromatic carbocycles. The molecule has 28 heavy (non-hydrogen) atoms. The molecule has 1 amide bonds. The standard InChI is InChI=1S/C20H24N2O5S/c1-4-27-19(24)13-7-9-22(10-8-13)20-21-18(23)17(28-20)11-14-5-6-15(25-2)12-16(14)26-3/h5-6,11-13H,4,7-10H2,1-3H3/b17-11-. The summed E-state index contributed by atoms with van der Waals surface area (Å²) >= 11 is 1.35. The van der Waals surface area contributed by atoms with Gasteiger partial charge in [0.15, 0.2) is 5.17 Å². The number of aliphatic imine (C=N–C) groups is 1. The van der Waals surface area contributed by atoms with E-state index in [0.717, 1.165) is 5.56 Å². The maximum absolute atomic E-state index is 12.4. The van der Waals surface area contributed by atoms with Crippen LogP contribution in [0.2, 0.25) is 0 Å². The van der Waals surface area contributed by atoms with Gasteiger partial charge in [0.1, 0.15) is 11.5 Å². The number of rotatable bonds is 5. The molecule has 0 unspecified atom stereocenters. The monoisotopic (exact) mass is 404 g/mol. The Morgan fingerprint density at radius 3 is 2.68 bits per heavy atom. The molecule has 1 fully saturated rings. The molecular formula is C20H24N2O5S. The van der Waals surface area contributed by atoms with Gasteiger partial charge in [0.05, 0.1) is 31.6 Å². The molecule has 0 aliphatic carbocycles. The zero-order valence-corrected chi connectivity index (χ0v) is 17.1. The minimum atomic E-state index is -0.259. The third-order valence-electron chi connectivity index (χ3n) is 4.72. The summed E-state index contributed by atoms with van der Waals surface area (Å²) in [5, 5.41) is 0.686. The second-order valence-electron chi connectivity index (χ2n) is 6.43. The number of hydrogen-bond acceptors (Lipinski definition) is 7. The van der Waals surface area contributed by atoms with Crippen LogP contribution in [0.1, 0.15) is 25.3 Å². The van der Waals surface area contributed by atoms with Gasteiger partial charge in [0.25, 0.3) is 5.91 Å². The van der Waals surface area contributed by atoms with Gasteiger partial charge in [-0.2, -0.15) is 4.99 Å². The van der Waals surface area contributed by atoms with Crippen molar-refractivity contribution in [3.8, 4) is 11.5 Å². The van der Waals surface area contributed by atoms with Crippen molar-refractivity contribution in [2.75, 3.05) is 33.9 Å². The molecule has 2 aliphatic heterocycles. The lowest BCUT2D eigenvalue weighted by molar-refractivity contribution is -0.149. The highest BCUT2D eigenvalue weighted by Crippen LogP contribution is 2.34. The Morgan fingerprint density at radius 2 is 2.04 bits per heavy atom. The molecule has 2 aliphatic rings. The van der Waals surface area contributed by atoms with Crippen molar-refractivity contribution < 1.29 is 23.8 Å². The van der Waals surface area contributed by atoms with Gasteiger partial charge >= 0.3 is 5.97 Å². The molecule has 0 atom stereocenters. The second-order valence-corrected chi connectivity index (χ2v) is 7.44. The van der Waals surface area contributed by atoms with E-state index in [4.69, 9.17) is 14.2 Å². The van der Waals surface area contributed by atoms with Crippen LogP contribution in [0.15, 0.2) is 28.1 Å². The molecule has 2 heterocycles. The molecule has 0 bridgehead atoms. The molecule has 0 N–H and O–H groups in total. The van der Waals surface area contributed by atoms with E-state index < -0.39 is 0 Å². The average molecular weight is 404 g/mol. The number of benzene rings is 1. The van der Waals surface area contributed by atoms with Gasteiger partial charge in [-0.15, -0.1) is 0 Å². The van der Waals surface area contributed by atoms with Gasteiger partial charge in [-0.1, -0.05) is 0 Å². The lowest BCUT2D eigenvalue weighted by atomic mass is 9.97. The van der Waals surface area contributed by atoms with Crippen molar-refractivity contribution >= 4 is 34.9 Å². The zero-order chi connectivity index (χ0) is 20.1. The van der Waals surface area contributed by atoms with E-state index in [1.54, 1.807) is 26.4 Å². The van der Waals surface area contributed by atoms with Crippen LogP contribution < -0.4 is 9.47 Å². The number of amidine groups is 1. The summed E-state index contributed by atoms with van der Waals surface area (Å²) in [4.78, 5) is 31.1. The highest BCUT2D eigenvalue weighted by Gasteiger charge is 2.31. The molecule has 7 nitrogen and oxygen atoms in total. The lowest BCUT2D eigenvalue weighted by Crippen LogP contribution is -2.39. The summed E-state index contributed by atoms with van der Waals surface area (Å²) < 4.78 is 15.7. The predicted molar refractivity (Wildman–Crippen MR) is 108 cm³/mol. The first-order valence-corrected chi connectivity index (χ1v) is 10.0. The number of methoxy groups -OCH3 is 2. The number of ether oxygens (including phenoxy) is 3. The number of piperidine rings is 1. The minimum Gasteiger partial charge on any atom is -0.497 e. The molecule has 1 aromatic rings. The summed E-state index contributed by atoms with van der Waals surface area (Å²) in [5.41, 5.74) is 0.789. The summed E-state index contributed by atoms with van der Waals surface area (Å²) in [6, 6.07) is 5.45. The summed E-state index contributed by atoms with van der Waals surface area (Å²) in [6.07, 6.45) is 3.20. The largest absolute Gasteiger partial charge is 0.497 e. The van der Waals surface area contributed by atoms with Crippen molar-refractivity contribution in [3.63, 3.8) is 0 Å². The number of nitrogens with zero attached hydrogens (tertiary/aromatic N) is 2. The number of hydrogen-bond donors (Lipinski definition) is 0. The molecule has 3 rings (SSSR count). The van der Waals surface area contributed by atoms with E-state index in [1.165, 1.54) is 11.8 Å². The fourth-order valence-electron chi connectivity index (χ4n) is 3.18. The number of carbonyl (C=O) groups is 2. The summed E-state index contributed by atoms with van der Waals surface area (Å²) in [7, 11) is 3.17. The van der Waals surface area contributed by atoms with Gasteiger partial charge in [-0.3, -0.25) is 9.59 Å². The van der Waals surface area contributed by atoms with Crippen LogP contribution in [0.25, 0.3) is 6.08 Å². The Morgan fingerprint density at radius 1 is 1.29 bits per heavy atom. The number of thioether (sulfide) groups is 1. The average Bonchev–Trinajstić information content (AvgIpc) is 3.09. The van der Waals surface area contributed by atoms with Gasteiger partial charge in [-0.25, -0.2) is 0 Å². The van der Waals surface area contributed by atoms with Gasteiger partial charge in [0, 0.05) is 24.7 Å². The Hall–Kier alpha value is -2.48. The normalized spacial score (nSPS) is 19.0. The van der Waals surface area contributed by atoms with Gasteiger partial charge < -0.3 is 19.1 Å². The van der Waals surface area contributed by atoms with Gasteiger partial charge in [0.2, 0.25) is 0 Å². The molecule has 0 aromatic heterocycles. The van der Waals surface area contributed by atoms with Crippen LogP contribution in [0.4, 0.5) is 0 Å². The summed E-state index contributed by atoms with van der Waals surface area (Å²) in [6.45, 7) is 3.58. The Kier molecular flexibility index (Phi) is 6.61. The SMILES string of the molecule is CCOC(=O)C1CCN(C2=NC(=O)/C(=C/c3ccc(OC)cc3OC)S2)CC1. The molecule has 0 saturated carbocycles. The first-order chi connectivity index (χ1) is 13.5. The highest BCUT2D eigenvalue weighted by atomic mass is 32.2. The van der Waals surface area contributed by atoms with E-state index in [-0.39, 0.29) is 17.8 Å². The highest BCUT2D eigenvalue weighted by molar-refractivity contribution is 8.18. The summed E-state index contributed by atoms with van der Waals surface area (Å²) in [5.74, 6) is 0.851. The van der Waals surface area contributed by atoms with Crippen LogP contribution in [0.3, 0.4) is 0 Å². The third kappa shape index (κ3) is 4.49. The first-order valence-electron chi connectivity index (χ1n) is 9.21. The Labute approximate surface area is 168 Å². The van der Waals surface area contributed by atoms with Crippen molar-refractivity contribution in [3.05, 3.63) is 28.7 Å². The topological polar surface area (TPSA) is 77.4 Å². The van der Waals surface area contributed by atoms with Crippen LogP contribution in [-0.2, 0) is 14.3 Å². The van der Waals surface area contributed by atoms with E-state index >= 15 is 0 Å². The van der Waals surface area contributed by atoms with E-state index in [2.05, 4.69) is 9.89 Å². The van der Waals surface area contributed by atoms with Crippen LogP contribution in [0.5, 0.6) is 11.5 Å². The maximum atomic E-state index is 12.4. The predicted octanol–water partition coefficient (Wildman–Crippen LogP) is 2.95. The van der Waals surface area contributed by atoms with Crippen molar-refractivity contribution in [2.45, 2.75) is 19.8 Å². The molecular weight excluding hydrogens is 380 g/mol. The van der Waals surface area contributed by atoms with E-state index in [9.17, 15) is 9.59 Å². The van der Waals surface area contributed by atoms with Crippen LogP contribution in [0, 0.1) is 5.92 Å². The quantitative estimate of drug-likeness (QED) is 0.551. The van der Waals surface area contributed by atoms with E-state index in [0.29, 0.717) is 54.1 Å². The molecule has 1 saturated heterocycles. The van der Waals surface area contributed by atoms with Crippen molar-refractivity contribution in [2.24, 2.45) is 10.9 Å². The fourth-order valence-corrected chi connectivity index (χ4v) is 4.13. The first kappa shape index (κ1) is 20.3. The second kappa shape index (κ2) is 9.14. The van der Waals surface area contributed by atoms with Gasteiger partial charge in [-0.05, 0) is 49.7 Å². The molecule has 8 heteroatoms. The molecule has 0 radical (unpaired) electrons. The van der Waals surface area contributed by atoms with Crippen molar-refractivity contribution in [1.29, 1.82) is 0 Å².